The summed E-state index contributed by atoms with van der Waals surface area (Å²) in [6.07, 6.45) is 15.9. The Morgan fingerprint density at radius 3 is 1.95 bits per heavy atom. The maximum absolute atomic E-state index is 3.85. The zero-order valence-corrected chi connectivity index (χ0v) is 16.0. The summed E-state index contributed by atoms with van der Waals surface area (Å²) in [7, 11) is 0. The second-order valence-electron chi connectivity index (χ2n) is 7.97. The molecule has 1 aliphatic heterocycles. The van der Waals surface area contributed by atoms with Crippen molar-refractivity contribution in [3.8, 4) is 0 Å². The first-order valence-electron chi connectivity index (χ1n) is 9.46. The van der Waals surface area contributed by atoms with Gasteiger partial charge in [-0.3, -0.25) is 0 Å². The number of halogens is 1. The van der Waals surface area contributed by atoms with Crippen molar-refractivity contribution in [2.45, 2.75) is 84.5 Å². The van der Waals surface area contributed by atoms with Crippen molar-refractivity contribution in [1.29, 1.82) is 0 Å². The Labute approximate surface area is 141 Å². The van der Waals surface area contributed by atoms with Crippen LogP contribution in [-0.2, 0) is 0 Å². The minimum Gasteiger partial charge on any atom is -0.303 e. The Bertz CT molecular complexity index is 280. The number of rotatable bonds is 7. The highest BCUT2D eigenvalue weighted by Crippen LogP contribution is 2.45. The molecular weight excluding hydrogens is 322 g/mol. The molecule has 0 radical (unpaired) electrons. The molecule has 1 aliphatic carbocycles. The summed E-state index contributed by atoms with van der Waals surface area (Å²) in [5.41, 5.74) is 1.28. The Kier molecular flexibility index (Phi) is 7.06. The highest BCUT2D eigenvalue weighted by atomic mass is 79.9. The fourth-order valence-electron chi connectivity index (χ4n) is 4.98. The number of hydrogen-bond donors (Lipinski definition) is 0. The first-order chi connectivity index (χ1) is 10.2. The van der Waals surface area contributed by atoms with E-state index in [1.165, 1.54) is 95.6 Å². The zero-order valence-electron chi connectivity index (χ0n) is 14.4. The van der Waals surface area contributed by atoms with Gasteiger partial charge in [0.05, 0.1) is 0 Å². The maximum atomic E-state index is 3.85. The number of piperidine rings is 1. The van der Waals surface area contributed by atoms with E-state index in [0.717, 1.165) is 5.41 Å². The summed E-state index contributed by atoms with van der Waals surface area (Å²) in [5.74, 6) is 0. The average molecular weight is 358 g/mol. The summed E-state index contributed by atoms with van der Waals surface area (Å²) in [4.78, 5) is 2.80. The van der Waals surface area contributed by atoms with Gasteiger partial charge in [0.15, 0.2) is 0 Å². The molecule has 1 spiro atoms. The molecule has 0 amide bonds. The summed E-state index contributed by atoms with van der Waals surface area (Å²) in [5, 5.41) is 1.18. The van der Waals surface area contributed by atoms with Gasteiger partial charge in [-0.2, -0.15) is 0 Å². The van der Waals surface area contributed by atoms with E-state index in [9.17, 15) is 0 Å². The van der Waals surface area contributed by atoms with Gasteiger partial charge in [0.25, 0.3) is 0 Å². The highest BCUT2D eigenvalue weighted by molar-refractivity contribution is 9.09. The Morgan fingerprint density at radius 2 is 1.48 bits per heavy atom. The third-order valence-electron chi connectivity index (χ3n) is 6.23. The molecule has 0 aromatic rings. The van der Waals surface area contributed by atoms with Crippen LogP contribution in [0.1, 0.15) is 84.5 Å². The Morgan fingerprint density at radius 1 is 0.905 bits per heavy atom. The van der Waals surface area contributed by atoms with Gasteiger partial charge in [0.2, 0.25) is 0 Å². The molecule has 0 N–H and O–H groups in total. The van der Waals surface area contributed by atoms with Crippen LogP contribution in [0.15, 0.2) is 0 Å². The van der Waals surface area contributed by atoms with Crippen LogP contribution in [0.4, 0.5) is 0 Å². The van der Waals surface area contributed by atoms with Gasteiger partial charge in [0.1, 0.15) is 0 Å². The molecule has 1 saturated heterocycles. The summed E-state index contributed by atoms with van der Waals surface area (Å²) in [6.45, 7) is 8.75. The molecule has 21 heavy (non-hydrogen) atoms. The number of nitrogens with zero attached hydrogens (tertiary/aromatic N) is 1. The van der Waals surface area contributed by atoms with Crippen molar-refractivity contribution in [2.75, 3.05) is 25.0 Å². The van der Waals surface area contributed by atoms with Crippen LogP contribution in [0.2, 0.25) is 0 Å². The molecule has 0 aromatic carbocycles. The van der Waals surface area contributed by atoms with E-state index in [2.05, 4.69) is 34.7 Å². The van der Waals surface area contributed by atoms with Crippen molar-refractivity contribution in [2.24, 2.45) is 10.8 Å². The van der Waals surface area contributed by atoms with Gasteiger partial charge in [0, 0.05) is 11.9 Å². The zero-order chi connectivity index (χ0) is 15.2. The lowest BCUT2D eigenvalue weighted by molar-refractivity contribution is 0.0422. The van der Waals surface area contributed by atoms with E-state index in [0.29, 0.717) is 5.41 Å². The lowest BCUT2D eigenvalue weighted by Gasteiger charge is -2.47. The van der Waals surface area contributed by atoms with E-state index in [1.807, 2.05) is 0 Å². The molecule has 2 aliphatic rings. The van der Waals surface area contributed by atoms with E-state index < -0.39 is 0 Å². The second kappa shape index (κ2) is 8.34. The molecule has 1 nitrogen and oxygen atoms in total. The van der Waals surface area contributed by atoms with E-state index in [-0.39, 0.29) is 0 Å². The molecule has 1 heterocycles. The van der Waals surface area contributed by atoms with Gasteiger partial charge >= 0.3 is 0 Å². The smallest absolute Gasteiger partial charge is 0.0100 e. The molecule has 0 bridgehead atoms. The molecular formula is C19H36BrN. The molecule has 124 valence electrons. The topological polar surface area (TPSA) is 3.24 Å². The average Bonchev–Trinajstić information content (AvgIpc) is 2.51. The minimum absolute atomic E-state index is 0.528. The second-order valence-corrected chi connectivity index (χ2v) is 8.53. The van der Waals surface area contributed by atoms with E-state index in [1.54, 1.807) is 0 Å². The molecule has 0 aromatic heterocycles. The molecule has 0 atom stereocenters. The van der Waals surface area contributed by atoms with Crippen molar-refractivity contribution < 1.29 is 0 Å². The number of hydrogen-bond acceptors (Lipinski definition) is 1. The highest BCUT2D eigenvalue weighted by Gasteiger charge is 2.37. The molecule has 2 heteroatoms. The fourth-order valence-corrected chi connectivity index (χ4v) is 5.72. The monoisotopic (exact) mass is 357 g/mol. The van der Waals surface area contributed by atoms with Crippen LogP contribution in [-0.4, -0.2) is 29.9 Å². The Balaban J connectivity index is 1.88. The van der Waals surface area contributed by atoms with Gasteiger partial charge < -0.3 is 4.90 Å². The normalized spacial score (nSPS) is 23.6. The minimum atomic E-state index is 0.528. The van der Waals surface area contributed by atoms with Gasteiger partial charge in [-0.1, -0.05) is 61.9 Å². The van der Waals surface area contributed by atoms with Crippen molar-refractivity contribution in [1.82, 2.24) is 4.90 Å². The number of alkyl halides is 1. The van der Waals surface area contributed by atoms with Crippen LogP contribution < -0.4 is 0 Å². The molecule has 2 rings (SSSR count). The van der Waals surface area contributed by atoms with Gasteiger partial charge in [-0.15, -0.1) is 0 Å². The van der Waals surface area contributed by atoms with E-state index >= 15 is 0 Å². The summed E-state index contributed by atoms with van der Waals surface area (Å²) in [6, 6.07) is 0. The summed E-state index contributed by atoms with van der Waals surface area (Å²) >= 11 is 3.85. The van der Waals surface area contributed by atoms with Crippen LogP contribution in [0, 0.1) is 10.8 Å². The predicted octanol–water partition coefficient (Wildman–Crippen LogP) is 6.01. The SMILES string of the molecule is CCCC(CBr)(CCC)CN1CCC2(CCCCC2)CC1. The third-order valence-corrected chi connectivity index (χ3v) is 7.42. The largest absolute Gasteiger partial charge is 0.303 e. The van der Waals surface area contributed by atoms with Crippen LogP contribution in [0.5, 0.6) is 0 Å². The lowest BCUT2D eigenvalue weighted by atomic mass is 9.68. The Hall–Kier alpha value is 0.440. The van der Waals surface area contributed by atoms with Crippen molar-refractivity contribution in [3.63, 3.8) is 0 Å². The van der Waals surface area contributed by atoms with Crippen LogP contribution in [0.3, 0.4) is 0 Å². The maximum Gasteiger partial charge on any atom is 0.0100 e. The molecule has 1 saturated carbocycles. The molecule has 0 unspecified atom stereocenters. The quantitative estimate of drug-likeness (QED) is 0.504. The standard InChI is InChI=1S/C19H36BrN/c1-3-8-19(16-20,9-4-2)17-21-14-12-18(13-15-21)10-6-5-7-11-18/h3-17H2,1-2H3. The van der Waals surface area contributed by atoms with Crippen molar-refractivity contribution in [3.05, 3.63) is 0 Å². The number of likely N-dealkylation sites (tertiary alicyclic amines) is 1. The fraction of sp³-hybridized carbons (Fsp3) is 1.00. The lowest BCUT2D eigenvalue weighted by Crippen LogP contribution is -2.46. The predicted molar refractivity (Wildman–Crippen MR) is 97.2 cm³/mol. The van der Waals surface area contributed by atoms with E-state index in [4.69, 9.17) is 0 Å². The van der Waals surface area contributed by atoms with Gasteiger partial charge in [-0.05, 0) is 62.4 Å². The van der Waals surface area contributed by atoms with Crippen LogP contribution in [0.25, 0.3) is 0 Å². The van der Waals surface area contributed by atoms with Crippen molar-refractivity contribution >= 4 is 15.9 Å². The first-order valence-corrected chi connectivity index (χ1v) is 10.6. The summed E-state index contributed by atoms with van der Waals surface area (Å²) < 4.78 is 0. The third kappa shape index (κ3) is 4.70. The van der Waals surface area contributed by atoms with Crippen LogP contribution >= 0.6 is 15.9 Å². The molecule has 2 fully saturated rings. The van der Waals surface area contributed by atoms with Gasteiger partial charge in [-0.25, -0.2) is 0 Å². The first kappa shape index (κ1) is 17.8.